The van der Waals surface area contributed by atoms with Gasteiger partial charge < -0.3 is 10.1 Å². The van der Waals surface area contributed by atoms with E-state index in [9.17, 15) is 18.0 Å². The third-order valence-electron chi connectivity index (χ3n) is 5.75. The Morgan fingerprint density at radius 2 is 1.85 bits per heavy atom. The van der Waals surface area contributed by atoms with Gasteiger partial charge in [-0.05, 0) is 61.4 Å². The molecular weight excluding hydrogens is 443 g/mol. The van der Waals surface area contributed by atoms with Crippen LogP contribution in [-0.4, -0.2) is 41.5 Å². The normalized spacial score (nSPS) is 14.5. The fourth-order valence-corrected chi connectivity index (χ4v) is 3.93. The van der Waals surface area contributed by atoms with Crippen LogP contribution in [0.25, 0.3) is 11.3 Å². The molecule has 1 aliphatic heterocycles. The van der Waals surface area contributed by atoms with Crippen LogP contribution in [0.2, 0.25) is 0 Å². The van der Waals surface area contributed by atoms with Gasteiger partial charge in [-0.1, -0.05) is 18.2 Å². The first-order valence-electron chi connectivity index (χ1n) is 11.1. The number of nitrogens with zero attached hydrogens (tertiary/aromatic N) is 2. The predicted molar refractivity (Wildman–Crippen MR) is 124 cm³/mol. The minimum atomic E-state index is -4.31. The molecule has 0 spiro atoms. The van der Waals surface area contributed by atoms with E-state index in [0.717, 1.165) is 34.5 Å². The van der Waals surface area contributed by atoms with E-state index in [2.05, 4.69) is 15.2 Å². The molecule has 0 unspecified atom stereocenters. The predicted octanol–water partition coefficient (Wildman–Crippen LogP) is 5.09. The summed E-state index contributed by atoms with van der Waals surface area (Å²) in [4.78, 5) is 18.7. The summed E-state index contributed by atoms with van der Waals surface area (Å²) in [6.45, 7) is 6.35. The Morgan fingerprint density at radius 1 is 1.12 bits per heavy atom. The minimum absolute atomic E-state index is 0.0145. The molecule has 0 bridgehead atoms. The number of nitrogens with one attached hydrogen (secondary N) is 1. The number of amides is 1. The van der Waals surface area contributed by atoms with E-state index in [1.54, 1.807) is 12.3 Å². The number of hydrogen-bond donors (Lipinski definition) is 1. The van der Waals surface area contributed by atoms with Crippen LogP contribution >= 0.6 is 0 Å². The average molecular weight is 470 g/mol. The van der Waals surface area contributed by atoms with Crippen LogP contribution in [0.15, 0.2) is 60.8 Å². The van der Waals surface area contributed by atoms with E-state index in [-0.39, 0.29) is 12.0 Å². The summed E-state index contributed by atoms with van der Waals surface area (Å²) in [7, 11) is 0. The van der Waals surface area contributed by atoms with Gasteiger partial charge in [-0.2, -0.15) is 13.2 Å². The first-order chi connectivity index (χ1) is 16.2. The van der Waals surface area contributed by atoms with Gasteiger partial charge >= 0.3 is 6.18 Å². The highest BCUT2D eigenvalue weighted by Gasteiger charge is 2.31. The molecule has 8 heteroatoms. The molecule has 0 saturated carbocycles. The molecule has 1 amide bonds. The van der Waals surface area contributed by atoms with Crippen molar-refractivity contribution in [3.63, 3.8) is 0 Å². The van der Waals surface area contributed by atoms with Gasteiger partial charge in [0.1, 0.15) is 11.9 Å². The molecule has 178 valence electrons. The molecule has 0 radical (unpaired) electrons. The maximum Gasteiger partial charge on any atom is 0.416 e. The summed E-state index contributed by atoms with van der Waals surface area (Å²) in [5, 5.41) is 2.81. The fourth-order valence-electron chi connectivity index (χ4n) is 3.93. The number of hydrogen-bond acceptors (Lipinski definition) is 4. The van der Waals surface area contributed by atoms with E-state index in [1.807, 2.05) is 38.1 Å². The van der Waals surface area contributed by atoms with Crippen molar-refractivity contribution in [2.75, 3.05) is 19.6 Å². The maximum atomic E-state index is 12.7. The van der Waals surface area contributed by atoms with Crippen molar-refractivity contribution in [1.29, 1.82) is 0 Å². The van der Waals surface area contributed by atoms with E-state index in [4.69, 9.17) is 4.74 Å². The van der Waals surface area contributed by atoms with Crippen molar-refractivity contribution in [2.24, 2.45) is 0 Å². The second kappa shape index (κ2) is 9.85. The molecule has 0 aliphatic carbocycles. The third kappa shape index (κ3) is 5.56. The summed E-state index contributed by atoms with van der Waals surface area (Å²) in [5.41, 5.74) is 3.44. The summed E-state index contributed by atoms with van der Waals surface area (Å²) >= 11 is 0. The molecule has 2 heterocycles. The van der Waals surface area contributed by atoms with Crippen LogP contribution in [0.1, 0.15) is 34.0 Å². The standard InChI is InChI=1S/C26H26F3N3O2/c1-3-30-25(33)23-10-6-19(12-17(23)2)24-11-9-21(13-31-24)34-22-15-32(16-22)14-18-4-7-20(8-5-18)26(27,28)29/h4-13,22H,3,14-16H2,1-2H3,(H,30,33). The molecule has 1 N–H and O–H groups in total. The zero-order chi connectivity index (χ0) is 24.3. The molecule has 1 aliphatic rings. The number of ether oxygens (including phenoxy) is 1. The van der Waals surface area contributed by atoms with E-state index < -0.39 is 11.7 Å². The number of aryl methyl sites for hydroxylation is 1. The van der Waals surface area contributed by atoms with Gasteiger partial charge in [0.15, 0.2) is 0 Å². The van der Waals surface area contributed by atoms with Gasteiger partial charge in [-0.15, -0.1) is 0 Å². The number of rotatable bonds is 7. The maximum absolute atomic E-state index is 12.7. The number of carbonyl (C=O) groups is 1. The van der Waals surface area contributed by atoms with E-state index in [0.29, 0.717) is 37.5 Å². The Kier molecular flexibility index (Phi) is 6.88. The molecule has 1 aromatic heterocycles. The van der Waals surface area contributed by atoms with Gasteiger partial charge in [-0.25, -0.2) is 0 Å². The van der Waals surface area contributed by atoms with Gasteiger partial charge in [0, 0.05) is 37.3 Å². The number of pyridine rings is 1. The average Bonchev–Trinajstić information content (AvgIpc) is 2.78. The lowest BCUT2D eigenvalue weighted by Gasteiger charge is -2.39. The Hall–Kier alpha value is -3.39. The lowest BCUT2D eigenvalue weighted by atomic mass is 10.0. The molecular formula is C26H26F3N3O2. The van der Waals surface area contributed by atoms with Crippen molar-refractivity contribution in [3.05, 3.63) is 83.0 Å². The minimum Gasteiger partial charge on any atom is -0.486 e. The lowest BCUT2D eigenvalue weighted by molar-refractivity contribution is -0.137. The summed E-state index contributed by atoms with van der Waals surface area (Å²) in [6.07, 6.45) is -2.62. The summed E-state index contributed by atoms with van der Waals surface area (Å²) in [5.74, 6) is 0.578. The number of carbonyl (C=O) groups excluding carboxylic acids is 1. The fraction of sp³-hybridized carbons (Fsp3) is 0.308. The van der Waals surface area contributed by atoms with Crippen molar-refractivity contribution >= 4 is 5.91 Å². The van der Waals surface area contributed by atoms with Crippen molar-refractivity contribution in [2.45, 2.75) is 32.7 Å². The molecule has 3 aromatic rings. The van der Waals surface area contributed by atoms with Crippen molar-refractivity contribution in [3.8, 4) is 17.0 Å². The Bertz CT molecular complexity index is 1140. The van der Waals surface area contributed by atoms with Crippen LogP contribution < -0.4 is 10.1 Å². The highest BCUT2D eigenvalue weighted by Crippen LogP contribution is 2.30. The molecule has 1 fully saturated rings. The van der Waals surface area contributed by atoms with Crippen LogP contribution in [0.5, 0.6) is 5.75 Å². The van der Waals surface area contributed by atoms with E-state index >= 15 is 0 Å². The van der Waals surface area contributed by atoms with Gasteiger partial charge in [0.25, 0.3) is 5.91 Å². The second-order valence-corrected chi connectivity index (χ2v) is 8.40. The monoisotopic (exact) mass is 469 g/mol. The van der Waals surface area contributed by atoms with Crippen LogP contribution in [-0.2, 0) is 12.7 Å². The zero-order valence-electron chi connectivity index (χ0n) is 19.0. The molecule has 0 atom stereocenters. The van der Waals surface area contributed by atoms with Crippen LogP contribution in [0.3, 0.4) is 0 Å². The highest BCUT2D eigenvalue weighted by atomic mass is 19.4. The SMILES string of the molecule is CCNC(=O)c1ccc(-c2ccc(OC3CN(Cc4ccc(C(F)(F)F)cc4)C3)cn2)cc1C. The first kappa shape index (κ1) is 23.8. The van der Waals surface area contributed by atoms with Gasteiger partial charge in [0.05, 0.1) is 17.5 Å². The number of halogens is 3. The molecule has 2 aromatic carbocycles. The lowest BCUT2D eigenvalue weighted by Crippen LogP contribution is -2.53. The summed E-state index contributed by atoms with van der Waals surface area (Å²) in [6, 6.07) is 14.7. The Morgan fingerprint density at radius 3 is 2.44 bits per heavy atom. The highest BCUT2D eigenvalue weighted by molar-refractivity contribution is 5.96. The quantitative estimate of drug-likeness (QED) is 0.524. The summed E-state index contributed by atoms with van der Waals surface area (Å²) < 4.78 is 44.0. The van der Waals surface area contributed by atoms with E-state index in [1.165, 1.54) is 12.1 Å². The zero-order valence-corrected chi connectivity index (χ0v) is 19.0. The molecule has 34 heavy (non-hydrogen) atoms. The second-order valence-electron chi connectivity index (χ2n) is 8.40. The molecule has 4 rings (SSSR count). The van der Waals surface area contributed by atoms with Crippen LogP contribution in [0, 0.1) is 6.92 Å². The Balaban J connectivity index is 1.29. The third-order valence-corrected chi connectivity index (χ3v) is 5.75. The number of benzene rings is 2. The van der Waals surface area contributed by atoms with Crippen molar-refractivity contribution in [1.82, 2.24) is 15.2 Å². The molecule has 5 nitrogen and oxygen atoms in total. The van der Waals surface area contributed by atoms with Gasteiger partial charge in [-0.3, -0.25) is 14.7 Å². The van der Waals surface area contributed by atoms with Gasteiger partial charge in [0.2, 0.25) is 0 Å². The number of alkyl halides is 3. The number of aromatic nitrogens is 1. The smallest absolute Gasteiger partial charge is 0.416 e. The largest absolute Gasteiger partial charge is 0.486 e. The topological polar surface area (TPSA) is 54.5 Å². The number of likely N-dealkylation sites (tertiary alicyclic amines) is 1. The Labute approximate surface area is 196 Å². The first-order valence-corrected chi connectivity index (χ1v) is 11.1. The van der Waals surface area contributed by atoms with Crippen LogP contribution in [0.4, 0.5) is 13.2 Å². The molecule has 1 saturated heterocycles. The van der Waals surface area contributed by atoms with Crippen molar-refractivity contribution < 1.29 is 22.7 Å².